The lowest BCUT2D eigenvalue weighted by Gasteiger charge is -2.28. The van der Waals surface area contributed by atoms with E-state index >= 15 is 0 Å². The van der Waals surface area contributed by atoms with Crippen molar-refractivity contribution in [1.82, 2.24) is 19.8 Å². The molecule has 1 fully saturated rings. The standard InChI is InChI=1S/C19H15F2N3O2.C6H14N2.CH5P/c1-11(18-14(20)3-2-4-15(18)21)26-17-8-13(9-24-19(17)22)16-7-12(10-25)5-6-23-16;1-7-3-5-8(2)6-4-7;1-2/h2-11H,1H3,(H2,22,24);3-6H2,1-2H3;2H2,1H3. The molecule has 0 bridgehead atoms. The number of aldehydes is 1. The van der Waals surface area contributed by atoms with Gasteiger partial charge in [0, 0.05) is 49.7 Å². The predicted octanol–water partition coefficient (Wildman–Crippen LogP) is 4.31. The smallest absolute Gasteiger partial charge is 0.166 e. The molecule has 7 nitrogen and oxygen atoms in total. The molecule has 4 rings (SSSR count). The Morgan fingerprint density at radius 3 is 2.17 bits per heavy atom. The van der Waals surface area contributed by atoms with Gasteiger partial charge in [0.25, 0.3) is 0 Å². The summed E-state index contributed by atoms with van der Waals surface area (Å²) in [6, 6.07) is 8.32. The van der Waals surface area contributed by atoms with Crippen LogP contribution < -0.4 is 10.5 Å². The average Bonchev–Trinajstić information content (AvgIpc) is 2.88. The molecule has 1 aliphatic heterocycles. The van der Waals surface area contributed by atoms with Gasteiger partial charge in [-0.3, -0.25) is 9.78 Å². The fourth-order valence-corrected chi connectivity index (χ4v) is 3.42. The zero-order valence-corrected chi connectivity index (χ0v) is 22.3. The van der Waals surface area contributed by atoms with Gasteiger partial charge in [-0.15, -0.1) is 9.24 Å². The molecule has 194 valence electrons. The molecular formula is C26H34F2N5O2P. The number of benzene rings is 1. The van der Waals surface area contributed by atoms with E-state index in [1.165, 1.54) is 51.6 Å². The number of hydrogen-bond donors (Lipinski definition) is 1. The minimum atomic E-state index is -0.926. The molecule has 0 aliphatic carbocycles. The lowest BCUT2D eigenvalue weighted by molar-refractivity contribution is 0.112. The van der Waals surface area contributed by atoms with Gasteiger partial charge in [0.1, 0.15) is 24.0 Å². The van der Waals surface area contributed by atoms with E-state index in [2.05, 4.69) is 43.1 Å². The third kappa shape index (κ3) is 8.29. The van der Waals surface area contributed by atoms with Crippen LogP contribution in [0.3, 0.4) is 0 Å². The third-order valence-corrected chi connectivity index (χ3v) is 5.53. The van der Waals surface area contributed by atoms with Crippen molar-refractivity contribution >= 4 is 21.3 Å². The van der Waals surface area contributed by atoms with Gasteiger partial charge in [-0.25, -0.2) is 13.8 Å². The Bertz CT molecular complexity index is 1100. The molecule has 2 aromatic heterocycles. The molecule has 0 amide bonds. The van der Waals surface area contributed by atoms with Gasteiger partial charge in [0.2, 0.25) is 0 Å². The van der Waals surface area contributed by atoms with Crippen molar-refractivity contribution in [2.75, 3.05) is 52.7 Å². The third-order valence-electron chi connectivity index (χ3n) is 5.53. The van der Waals surface area contributed by atoms with E-state index in [1.807, 2.05) is 6.66 Å². The van der Waals surface area contributed by atoms with Gasteiger partial charge >= 0.3 is 0 Å². The minimum absolute atomic E-state index is 0.0730. The maximum atomic E-state index is 13.9. The fourth-order valence-electron chi connectivity index (χ4n) is 3.42. The van der Waals surface area contributed by atoms with Crippen molar-refractivity contribution < 1.29 is 18.3 Å². The Kier molecular flexibility index (Phi) is 11.8. The highest BCUT2D eigenvalue weighted by Crippen LogP contribution is 2.31. The van der Waals surface area contributed by atoms with Crippen LogP contribution in [-0.2, 0) is 0 Å². The molecule has 2 N–H and O–H groups in total. The number of rotatable bonds is 5. The quantitative estimate of drug-likeness (QED) is 0.399. The summed E-state index contributed by atoms with van der Waals surface area (Å²) in [5.41, 5.74) is 7.14. The summed E-state index contributed by atoms with van der Waals surface area (Å²) < 4.78 is 33.5. The van der Waals surface area contributed by atoms with Gasteiger partial charge in [-0.05, 0) is 51.4 Å². The van der Waals surface area contributed by atoms with E-state index < -0.39 is 17.7 Å². The zero-order valence-electron chi connectivity index (χ0n) is 21.1. The summed E-state index contributed by atoms with van der Waals surface area (Å²) in [5, 5.41) is 0. The van der Waals surface area contributed by atoms with E-state index in [-0.39, 0.29) is 17.1 Å². The highest BCUT2D eigenvalue weighted by atomic mass is 31.0. The number of anilines is 1. The molecule has 0 spiro atoms. The maximum Gasteiger partial charge on any atom is 0.166 e. The largest absolute Gasteiger partial charge is 0.482 e. The number of likely N-dealkylation sites (N-methyl/N-ethyl adjacent to an activating group) is 2. The number of aromatic nitrogens is 2. The molecular weight excluding hydrogens is 483 g/mol. The van der Waals surface area contributed by atoms with Crippen LogP contribution in [0.15, 0.2) is 48.8 Å². The van der Waals surface area contributed by atoms with Crippen LogP contribution in [0, 0.1) is 11.6 Å². The minimum Gasteiger partial charge on any atom is -0.482 e. The SMILES string of the molecule is CC(Oc1cc(-c2cc(C=O)ccn2)cnc1N)c1c(F)cccc1F.CN1CCN(C)CC1.CP. The Hall–Kier alpha value is -3.00. The Balaban J connectivity index is 0.000000384. The Morgan fingerprint density at radius 1 is 1.03 bits per heavy atom. The highest BCUT2D eigenvalue weighted by Gasteiger charge is 2.19. The number of ether oxygens (including phenoxy) is 1. The molecule has 10 heteroatoms. The highest BCUT2D eigenvalue weighted by molar-refractivity contribution is 7.15. The number of piperazine rings is 1. The summed E-state index contributed by atoms with van der Waals surface area (Å²) in [6.07, 6.45) is 2.75. The summed E-state index contributed by atoms with van der Waals surface area (Å²) in [6.45, 7) is 8.36. The maximum absolute atomic E-state index is 13.9. The zero-order chi connectivity index (χ0) is 26.7. The summed E-state index contributed by atoms with van der Waals surface area (Å²) in [7, 11) is 6.76. The molecule has 1 aromatic carbocycles. The number of nitrogens with zero attached hydrogens (tertiary/aromatic N) is 4. The molecule has 3 heterocycles. The van der Waals surface area contributed by atoms with Crippen LogP contribution in [0.1, 0.15) is 28.9 Å². The average molecular weight is 518 g/mol. The van der Waals surface area contributed by atoms with Gasteiger partial charge in [0.05, 0.1) is 11.3 Å². The fraction of sp³-hybridized carbons (Fsp3) is 0.346. The number of nitrogens with two attached hydrogens (primary N) is 1. The summed E-state index contributed by atoms with van der Waals surface area (Å²) in [5.74, 6) is -1.18. The van der Waals surface area contributed by atoms with Crippen molar-refractivity contribution in [3.8, 4) is 17.0 Å². The first kappa shape index (κ1) is 29.2. The predicted molar refractivity (Wildman–Crippen MR) is 143 cm³/mol. The molecule has 2 atom stereocenters. The molecule has 0 saturated carbocycles. The van der Waals surface area contributed by atoms with E-state index in [9.17, 15) is 13.6 Å². The second-order valence-electron chi connectivity index (χ2n) is 8.20. The second kappa shape index (κ2) is 14.5. The van der Waals surface area contributed by atoms with Gasteiger partial charge in [-0.2, -0.15) is 0 Å². The molecule has 2 unspecified atom stereocenters. The number of halogens is 2. The first-order chi connectivity index (χ1) is 17.3. The van der Waals surface area contributed by atoms with Crippen molar-refractivity contribution in [3.05, 3.63) is 71.6 Å². The van der Waals surface area contributed by atoms with Crippen molar-refractivity contribution in [2.45, 2.75) is 13.0 Å². The van der Waals surface area contributed by atoms with Crippen molar-refractivity contribution in [2.24, 2.45) is 0 Å². The summed E-state index contributed by atoms with van der Waals surface area (Å²) >= 11 is 0. The lowest BCUT2D eigenvalue weighted by Crippen LogP contribution is -2.42. The molecule has 0 radical (unpaired) electrons. The Morgan fingerprint density at radius 2 is 1.61 bits per heavy atom. The van der Waals surface area contributed by atoms with Crippen molar-refractivity contribution in [1.29, 1.82) is 0 Å². The summed E-state index contributed by atoms with van der Waals surface area (Å²) in [4.78, 5) is 23.9. The topological polar surface area (TPSA) is 84.6 Å². The van der Waals surface area contributed by atoms with Gasteiger partial charge < -0.3 is 20.3 Å². The van der Waals surface area contributed by atoms with E-state index in [1.54, 1.807) is 18.2 Å². The number of hydrogen-bond acceptors (Lipinski definition) is 7. The van der Waals surface area contributed by atoms with Gasteiger partial charge in [0.15, 0.2) is 11.6 Å². The van der Waals surface area contributed by atoms with Crippen LogP contribution in [0.4, 0.5) is 14.6 Å². The van der Waals surface area contributed by atoms with Crippen LogP contribution in [0.5, 0.6) is 5.75 Å². The van der Waals surface area contributed by atoms with Gasteiger partial charge in [-0.1, -0.05) is 12.7 Å². The van der Waals surface area contributed by atoms with Crippen molar-refractivity contribution in [3.63, 3.8) is 0 Å². The molecule has 3 aromatic rings. The number of pyridine rings is 2. The first-order valence-electron chi connectivity index (χ1n) is 11.5. The first-order valence-corrected chi connectivity index (χ1v) is 12.7. The Labute approximate surface area is 213 Å². The van der Waals surface area contributed by atoms with E-state index in [0.717, 1.165) is 12.1 Å². The normalized spacial score (nSPS) is 14.5. The molecule has 1 saturated heterocycles. The number of carbonyl (C=O) groups excluding carboxylic acids is 1. The van der Waals surface area contributed by atoms with Crippen LogP contribution in [0.25, 0.3) is 11.3 Å². The second-order valence-corrected chi connectivity index (χ2v) is 8.20. The number of nitrogen functional groups attached to an aromatic ring is 1. The molecule has 1 aliphatic rings. The van der Waals surface area contributed by atoms with Crippen LogP contribution in [-0.4, -0.2) is 73.0 Å². The molecule has 36 heavy (non-hydrogen) atoms. The van der Waals surface area contributed by atoms with E-state index in [0.29, 0.717) is 23.1 Å². The van der Waals surface area contributed by atoms with Crippen LogP contribution in [0.2, 0.25) is 0 Å². The number of carbonyl (C=O) groups is 1. The van der Waals surface area contributed by atoms with E-state index in [4.69, 9.17) is 10.5 Å². The van der Waals surface area contributed by atoms with Crippen LogP contribution >= 0.6 is 9.24 Å². The lowest BCUT2D eigenvalue weighted by atomic mass is 10.1. The monoisotopic (exact) mass is 517 g/mol.